The molecule has 2 aromatic heterocycles. The molecule has 98 valence electrons. The summed E-state index contributed by atoms with van der Waals surface area (Å²) in [5, 5.41) is 7.72. The monoisotopic (exact) mass is 264 g/mol. The maximum absolute atomic E-state index is 4.56. The number of anilines is 2. The highest BCUT2D eigenvalue weighted by Gasteiger charge is 2.10. The van der Waals surface area contributed by atoms with Gasteiger partial charge >= 0.3 is 0 Å². The molecular formula is C13H20N4S. The van der Waals surface area contributed by atoms with Gasteiger partial charge in [-0.2, -0.15) is 4.98 Å². The fourth-order valence-corrected chi connectivity index (χ4v) is 2.73. The molecule has 4 nitrogen and oxygen atoms in total. The van der Waals surface area contributed by atoms with Gasteiger partial charge in [-0.05, 0) is 25.8 Å². The van der Waals surface area contributed by atoms with Gasteiger partial charge in [0.25, 0.3) is 0 Å². The van der Waals surface area contributed by atoms with E-state index in [9.17, 15) is 0 Å². The van der Waals surface area contributed by atoms with Crippen LogP contribution in [-0.4, -0.2) is 23.1 Å². The van der Waals surface area contributed by atoms with E-state index in [4.69, 9.17) is 0 Å². The minimum Gasteiger partial charge on any atom is -0.369 e. The van der Waals surface area contributed by atoms with E-state index in [0.29, 0.717) is 5.95 Å². The molecule has 0 saturated carbocycles. The summed E-state index contributed by atoms with van der Waals surface area (Å²) in [4.78, 5) is 11.5. The Labute approximate surface area is 112 Å². The van der Waals surface area contributed by atoms with Crippen LogP contribution < -0.4 is 10.6 Å². The van der Waals surface area contributed by atoms with Gasteiger partial charge in [0.2, 0.25) is 5.95 Å². The van der Waals surface area contributed by atoms with Crippen molar-refractivity contribution in [3.8, 4) is 0 Å². The van der Waals surface area contributed by atoms with Crippen LogP contribution in [0.5, 0.6) is 0 Å². The molecule has 0 spiro atoms. The Balaban J connectivity index is 2.44. The smallest absolute Gasteiger partial charge is 0.226 e. The summed E-state index contributed by atoms with van der Waals surface area (Å²) >= 11 is 1.75. The highest BCUT2D eigenvalue weighted by Crippen LogP contribution is 2.30. The van der Waals surface area contributed by atoms with Gasteiger partial charge in [-0.15, -0.1) is 11.3 Å². The first kappa shape index (κ1) is 13.1. The van der Waals surface area contributed by atoms with Crippen molar-refractivity contribution in [2.75, 3.05) is 23.7 Å². The number of rotatable bonds is 6. The van der Waals surface area contributed by atoms with Gasteiger partial charge in [0.15, 0.2) is 0 Å². The maximum Gasteiger partial charge on any atom is 0.226 e. The molecule has 2 N–H and O–H groups in total. The van der Waals surface area contributed by atoms with Crippen molar-refractivity contribution < 1.29 is 0 Å². The SMILES string of the molecule is CCCNc1nc(NCC)nc2sc(CC)cc12. The Hall–Kier alpha value is -1.36. The molecule has 0 bridgehead atoms. The number of nitrogens with one attached hydrogen (secondary N) is 2. The molecule has 0 amide bonds. The normalized spacial score (nSPS) is 10.8. The zero-order valence-electron chi connectivity index (χ0n) is 11.2. The van der Waals surface area contributed by atoms with Crippen molar-refractivity contribution >= 4 is 33.3 Å². The third-order valence-corrected chi connectivity index (χ3v) is 3.84. The van der Waals surface area contributed by atoms with Gasteiger partial charge in [-0.1, -0.05) is 13.8 Å². The molecule has 0 aromatic carbocycles. The Bertz CT molecular complexity index is 521. The minimum absolute atomic E-state index is 0.716. The average molecular weight is 264 g/mol. The molecule has 0 aliphatic carbocycles. The van der Waals surface area contributed by atoms with Crippen LogP contribution >= 0.6 is 11.3 Å². The van der Waals surface area contributed by atoms with Crippen molar-refractivity contribution in [1.29, 1.82) is 0 Å². The van der Waals surface area contributed by atoms with Crippen molar-refractivity contribution in [2.24, 2.45) is 0 Å². The number of aromatic nitrogens is 2. The van der Waals surface area contributed by atoms with Gasteiger partial charge in [0, 0.05) is 18.0 Å². The number of hydrogen-bond donors (Lipinski definition) is 2. The largest absolute Gasteiger partial charge is 0.369 e. The number of aryl methyl sites for hydroxylation is 1. The van der Waals surface area contributed by atoms with Crippen molar-refractivity contribution in [2.45, 2.75) is 33.6 Å². The van der Waals surface area contributed by atoms with E-state index in [0.717, 1.165) is 42.0 Å². The molecule has 0 aliphatic heterocycles. The second kappa shape index (κ2) is 6.00. The molecule has 0 saturated heterocycles. The topological polar surface area (TPSA) is 49.8 Å². The maximum atomic E-state index is 4.56. The first-order valence-corrected chi connectivity index (χ1v) is 7.38. The lowest BCUT2D eigenvalue weighted by molar-refractivity contribution is 0.969. The van der Waals surface area contributed by atoms with E-state index in [2.05, 4.69) is 47.4 Å². The Kier molecular flexibility index (Phi) is 4.36. The summed E-state index contributed by atoms with van der Waals surface area (Å²) in [6, 6.07) is 2.20. The molecule has 5 heteroatoms. The highest BCUT2D eigenvalue weighted by molar-refractivity contribution is 7.18. The first-order valence-electron chi connectivity index (χ1n) is 6.56. The summed E-state index contributed by atoms with van der Waals surface area (Å²) in [5.74, 6) is 1.67. The fraction of sp³-hybridized carbons (Fsp3) is 0.538. The summed E-state index contributed by atoms with van der Waals surface area (Å²) < 4.78 is 0. The lowest BCUT2D eigenvalue weighted by atomic mass is 10.3. The Morgan fingerprint density at radius 3 is 2.67 bits per heavy atom. The Morgan fingerprint density at radius 2 is 2.00 bits per heavy atom. The zero-order valence-corrected chi connectivity index (χ0v) is 12.0. The second-order valence-electron chi connectivity index (χ2n) is 4.14. The molecule has 0 radical (unpaired) electrons. The summed E-state index contributed by atoms with van der Waals surface area (Å²) in [7, 11) is 0. The average Bonchev–Trinajstić information content (AvgIpc) is 2.79. The molecular weight excluding hydrogens is 244 g/mol. The molecule has 2 heterocycles. The number of thiophene rings is 1. The van der Waals surface area contributed by atoms with E-state index >= 15 is 0 Å². The third-order valence-electron chi connectivity index (χ3n) is 2.67. The molecule has 0 atom stereocenters. The lowest BCUT2D eigenvalue weighted by Crippen LogP contribution is -2.07. The van der Waals surface area contributed by atoms with Crippen LogP contribution in [-0.2, 0) is 6.42 Å². The standard InChI is InChI=1S/C13H20N4S/c1-4-7-15-11-10-8-9(5-2)18-12(10)17-13(16-11)14-6-3/h8H,4-7H2,1-3H3,(H2,14,15,16,17). The van der Waals surface area contributed by atoms with E-state index < -0.39 is 0 Å². The van der Waals surface area contributed by atoms with Crippen LogP contribution in [0.1, 0.15) is 32.1 Å². The van der Waals surface area contributed by atoms with Gasteiger partial charge < -0.3 is 10.6 Å². The molecule has 18 heavy (non-hydrogen) atoms. The predicted molar refractivity (Wildman–Crippen MR) is 79.7 cm³/mol. The van der Waals surface area contributed by atoms with Crippen molar-refractivity contribution in [1.82, 2.24) is 9.97 Å². The molecule has 0 fully saturated rings. The van der Waals surface area contributed by atoms with Gasteiger partial charge in [-0.3, -0.25) is 0 Å². The molecule has 2 rings (SSSR count). The predicted octanol–water partition coefficient (Wildman–Crippen LogP) is 3.51. The summed E-state index contributed by atoms with van der Waals surface area (Å²) in [6.45, 7) is 8.16. The fourth-order valence-electron chi connectivity index (χ4n) is 1.76. The van der Waals surface area contributed by atoms with Crippen molar-refractivity contribution in [3.05, 3.63) is 10.9 Å². The second-order valence-corrected chi connectivity index (χ2v) is 5.25. The highest BCUT2D eigenvalue weighted by atomic mass is 32.1. The molecule has 0 aliphatic rings. The molecule has 2 aromatic rings. The van der Waals surface area contributed by atoms with Crippen molar-refractivity contribution in [3.63, 3.8) is 0 Å². The minimum atomic E-state index is 0.716. The first-order chi connectivity index (χ1) is 8.78. The number of fused-ring (bicyclic) bond motifs is 1. The Morgan fingerprint density at radius 1 is 1.17 bits per heavy atom. The van der Waals surface area contributed by atoms with Crippen LogP contribution in [0.4, 0.5) is 11.8 Å². The van der Waals surface area contributed by atoms with E-state index in [-0.39, 0.29) is 0 Å². The van der Waals surface area contributed by atoms with Gasteiger partial charge in [0.05, 0.1) is 5.39 Å². The van der Waals surface area contributed by atoms with E-state index in [1.807, 2.05) is 0 Å². The van der Waals surface area contributed by atoms with Gasteiger partial charge in [0.1, 0.15) is 10.6 Å². The summed E-state index contributed by atoms with van der Waals surface area (Å²) in [6.07, 6.45) is 2.14. The van der Waals surface area contributed by atoms with Crippen LogP contribution in [0.3, 0.4) is 0 Å². The zero-order chi connectivity index (χ0) is 13.0. The number of nitrogens with zero attached hydrogens (tertiary/aromatic N) is 2. The van der Waals surface area contributed by atoms with Crippen LogP contribution in [0.25, 0.3) is 10.2 Å². The van der Waals surface area contributed by atoms with Crippen LogP contribution in [0, 0.1) is 0 Å². The quantitative estimate of drug-likeness (QED) is 0.838. The third kappa shape index (κ3) is 2.72. The summed E-state index contributed by atoms with van der Waals surface area (Å²) in [5.41, 5.74) is 0. The van der Waals surface area contributed by atoms with E-state index in [1.54, 1.807) is 11.3 Å². The lowest BCUT2D eigenvalue weighted by Gasteiger charge is -2.08. The molecule has 0 unspecified atom stereocenters. The van der Waals surface area contributed by atoms with Gasteiger partial charge in [-0.25, -0.2) is 4.98 Å². The van der Waals surface area contributed by atoms with Crippen LogP contribution in [0.2, 0.25) is 0 Å². The van der Waals surface area contributed by atoms with Crippen LogP contribution in [0.15, 0.2) is 6.07 Å². The number of hydrogen-bond acceptors (Lipinski definition) is 5. The van der Waals surface area contributed by atoms with E-state index in [1.165, 1.54) is 4.88 Å².